The monoisotopic (exact) mass is 320 g/mol. The molecular weight excluding hydrogens is 297 g/mol. The topological polar surface area (TPSA) is 0 Å². The summed E-state index contributed by atoms with van der Waals surface area (Å²) in [5.41, 5.74) is 2.36. The standard InChI is InChI=1S/C20H23F3/c1-4-6-14(7-5-2)15-9-8-13(3)17-12-18(21)20(23)19(22)16(17)11-10-15/h8-12,14H,4-7H2,1-3H3/b9-8?,11-10?,13-8+,15-9?,15-10?,16-11?,17-13?. The van der Waals surface area contributed by atoms with Gasteiger partial charge in [-0.2, -0.15) is 0 Å². The SMILES string of the molecule is CCCC(CCC)C1=C/C=C(\C)c2cc(F)c(F)c(F)c2C=C1. The maximum absolute atomic E-state index is 14.1. The van der Waals surface area contributed by atoms with E-state index in [9.17, 15) is 13.2 Å². The number of hydrogen-bond acceptors (Lipinski definition) is 0. The van der Waals surface area contributed by atoms with E-state index in [0.29, 0.717) is 11.5 Å². The summed E-state index contributed by atoms with van der Waals surface area (Å²) >= 11 is 0. The predicted octanol–water partition coefficient (Wildman–Crippen LogP) is 6.68. The quantitative estimate of drug-likeness (QED) is 0.531. The van der Waals surface area contributed by atoms with Gasteiger partial charge < -0.3 is 0 Å². The first-order chi connectivity index (χ1) is 11.0. The van der Waals surface area contributed by atoms with Crippen molar-refractivity contribution in [1.82, 2.24) is 0 Å². The predicted molar refractivity (Wildman–Crippen MR) is 90.4 cm³/mol. The van der Waals surface area contributed by atoms with Crippen LogP contribution in [0.15, 0.2) is 29.9 Å². The van der Waals surface area contributed by atoms with Gasteiger partial charge in [0.05, 0.1) is 0 Å². The highest BCUT2D eigenvalue weighted by molar-refractivity contribution is 5.76. The summed E-state index contributed by atoms with van der Waals surface area (Å²) in [5, 5.41) is 0. The molecule has 1 aromatic carbocycles. The van der Waals surface area contributed by atoms with Gasteiger partial charge >= 0.3 is 0 Å². The normalized spacial score (nSPS) is 16.5. The number of benzene rings is 1. The van der Waals surface area contributed by atoms with Crippen molar-refractivity contribution in [3.8, 4) is 0 Å². The Morgan fingerprint density at radius 3 is 2.17 bits per heavy atom. The van der Waals surface area contributed by atoms with Crippen LogP contribution in [0.2, 0.25) is 0 Å². The average molecular weight is 320 g/mol. The Kier molecular flexibility index (Phi) is 5.86. The van der Waals surface area contributed by atoms with Crippen LogP contribution in [0.4, 0.5) is 13.2 Å². The first kappa shape index (κ1) is 17.6. The molecule has 0 bridgehead atoms. The number of rotatable bonds is 5. The Morgan fingerprint density at radius 2 is 1.57 bits per heavy atom. The fourth-order valence-corrected chi connectivity index (χ4v) is 3.09. The number of fused-ring (bicyclic) bond motifs is 1. The van der Waals surface area contributed by atoms with Gasteiger partial charge in [-0.15, -0.1) is 0 Å². The molecule has 0 aliphatic heterocycles. The third kappa shape index (κ3) is 3.77. The molecule has 0 radical (unpaired) electrons. The van der Waals surface area contributed by atoms with E-state index >= 15 is 0 Å². The van der Waals surface area contributed by atoms with Gasteiger partial charge in [0, 0.05) is 5.56 Å². The summed E-state index contributed by atoms with van der Waals surface area (Å²) in [5.74, 6) is -3.28. The third-order valence-corrected chi connectivity index (χ3v) is 4.34. The van der Waals surface area contributed by atoms with Gasteiger partial charge in [-0.05, 0) is 48.5 Å². The molecule has 1 aliphatic rings. The molecule has 2 rings (SSSR count). The lowest BCUT2D eigenvalue weighted by atomic mass is 9.87. The van der Waals surface area contributed by atoms with E-state index in [0.717, 1.165) is 42.9 Å². The van der Waals surface area contributed by atoms with Crippen LogP contribution in [0.25, 0.3) is 11.6 Å². The van der Waals surface area contributed by atoms with Crippen LogP contribution in [0, 0.1) is 23.4 Å². The summed E-state index contributed by atoms with van der Waals surface area (Å²) in [6.45, 7) is 6.08. The van der Waals surface area contributed by atoms with Crippen molar-refractivity contribution in [3.63, 3.8) is 0 Å². The molecule has 0 saturated heterocycles. The smallest absolute Gasteiger partial charge is 0.195 e. The van der Waals surface area contributed by atoms with E-state index in [-0.39, 0.29) is 5.56 Å². The van der Waals surface area contributed by atoms with Crippen molar-refractivity contribution in [2.24, 2.45) is 5.92 Å². The molecule has 0 N–H and O–H groups in total. The van der Waals surface area contributed by atoms with E-state index in [1.807, 2.05) is 18.2 Å². The lowest BCUT2D eigenvalue weighted by molar-refractivity contribution is 0.445. The highest BCUT2D eigenvalue weighted by atomic mass is 19.2. The molecule has 0 amide bonds. The van der Waals surface area contributed by atoms with E-state index < -0.39 is 17.5 Å². The van der Waals surface area contributed by atoms with Crippen LogP contribution in [-0.4, -0.2) is 0 Å². The molecule has 0 aromatic heterocycles. The molecule has 0 atom stereocenters. The Hall–Kier alpha value is -1.77. The summed E-state index contributed by atoms with van der Waals surface area (Å²) < 4.78 is 41.2. The zero-order valence-electron chi connectivity index (χ0n) is 13.9. The molecule has 0 saturated carbocycles. The molecule has 124 valence electrons. The van der Waals surface area contributed by atoms with Crippen LogP contribution in [0.1, 0.15) is 57.6 Å². The Labute approximate surface area is 136 Å². The molecule has 0 heterocycles. The van der Waals surface area contributed by atoms with E-state index in [4.69, 9.17) is 0 Å². The maximum atomic E-state index is 14.1. The van der Waals surface area contributed by atoms with Crippen molar-refractivity contribution in [3.05, 3.63) is 58.4 Å². The largest absolute Gasteiger partial charge is 0.204 e. The van der Waals surface area contributed by atoms with Crippen molar-refractivity contribution in [2.45, 2.75) is 46.5 Å². The number of halogens is 3. The van der Waals surface area contributed by atoms with E-state index in [1.165, 1.54) is 0 Å². The van der Waals surface area contributed by atoms with Crippen LogP contribution in [-0.2, 0) is 0 Å². The minimum Gasteiger partial charge on any atom is -0.204 e. The van der Waals surface area contributed by atoms with Gasteiger partial charge in [0.25, 0.3) is 0 Å². The Morgan fingerprint density at radius 1 is 0.913 bits per heavy atom. The summed E-state index contributed by atoms with van der Waals surface area (Å²) in [4.78, 5) is 0. The highest BCUT2D eigenvalue weighted by Crippen LogP contribution is 2.31. The Bertz CT molecular complexity index is 660. The second-order valence-corrected chi connectivity index (χ2v) is 6.07. The highest BCUT2D eigenvalue weighted by Gasteiger charge is 2.19. The molecule has 0 spiro atoms. The second kappa shape index (κ2) is 7.67. The summed E-state index contributed by atoms with van der Waals surface area (Å²) in [6, 6.07) is 1.07. The van der Waals surface area contributed by atoms with E-state index in [1.54, 1.807) is 13.0 Å². The maximum Gasteiger partial charge on any atom is 0.195 e. The summed E-state index contributed by atoms with van der Waals surface area (Å²) in [6.07, 6.45) is 11.6. The molecule has 0 fully saturated rings. The van der Waals surface area contributed by atoms with Crippen LogP contribution >= 0.6 is 0 Å². The van der Waals surface area contributed by atoms with Crippen molar-refractivity contribution < 1.29 is 13.2 Å². The van der Waals surface area contributed by atoms with Crippen LogP contribution in [0.3, 0.4) is 0 Å². The zero-order chi connectivity index (χ0) is 17.0. The first-order valence-corrected chi connectivity index (χ1v) is 8.24. The fourth-order valence-electron chi connectivity index (χ4n) is 3.09. The van der Waals surface area contributed by atoms with Gasteiger partial charge in [0.2, 0.25) is 0 Å². The van der Waals surface area contributed by atoms with Gasteiger partial charge in [-0.25, -0.2) is 13.2 Å². The molecule has 1 aromatic rings. The van der Waals surface area contributed by atoms with Crippen molar-refractivity contribution in [1.29, 1.82) is 0 Å². The van der Waals surface area contributed by atoms with Crippen molar-refractivity contribution in [2.75, 3.05) is 0 Å². The number of allylic oxidation sites excluding steroid dienone is 5. The minimum absolute atomic E-state index is 0.120. The van der Waals surface area contributed by atoms with Crippen LogP contribution < -0.4 is 0 Å². The fraction of sp³-hybridized carbons (Fsp3) is 0.400. The average Bonchev–Trinajstić information content (AvgIpc) is 2.52. The minimum atomic E-state index is -1.41. The number of hydrogen-bond donors (Lipinski definition) is 0. The molecular formula is C20H23F3. The van der Waals surface area contributed by atoms with E-state index in [2.05, 4.69) is 13.8 Å². The van der Waals surface area contributed by atoms with Gasteiger partial charge in [-0.1, -0.05) is 51.0 Å². The van der Waals surface area contributed by atoms with Gasteiger partial charge in [0.15, 0.2) is 17.5 Å². The van der Waals surface area contributed by atoms with Crippen molar-refractivity contribution >= 4 is 11.6 Å². The van der Waals surface area contributed by atoms with Gasteiger partial charge in [0.1, 0.15) is 0 Å². The molecule has 0 nitrogen and oxygen atoms in total. The molecule has 0 unspecified atom stereocenters. The summed E-state index contributed by atoms with van der Waals surface area (Å²) in [7, 11) is 0. The molecule has 3 heteroatoms. The lowest BCUT2D eigenvalue weighted by Crippen LogP contribution is -2.04. The first-order valence-electron chi connectivity index (χ1n) is 8.24. The second-order valence-electron chi connectivity index (χ2n) is 6.07. The molecule has 1 aliphatic carbocycles. The van der Waals surface area contributed by atoms with Gasteiger partial charge in [-0.3, -0.25) is 0 Å². The lowest BCUT2D eigenvalue weighted by Gasteiger charge is -2.19. The Balaban J connectivity index is 2.50. The zero-order valence-corrected chi connectivity index (χ0v) is 13.9. The van der Waals surface area contributed by atoms with Crippen LogP contribution in [0.5, 0.6) is 0 Å². The third-order valence-electron chi connectivity index (χ3n) is 4.34. The molecule has 23 heavy (non-hydrogen) atoms.